The van der Waals surface area contributed by atoms with E-state index in [9.17, 15) is 17.1 Å². The Morgan fingerprint density at radius 1 is 1.29 bits per heavy atom. The van der Waals surface area contributed by atoms with Crippen LogP contribution in [0, 0.1) is 0 Å². The smallest absolute Gasteiger partial charge is 0.459 e. The number of nitrogens with two attached hydrogens (primary N) is 1. The minimum absolute atomic E-state index is 0.160. The first-order chi connectivity index (χ1) is 9.46. The molecule has 0 saturated heterocycles. The van der Waals surface area contributed by atoms with E-state index in [1.165, 1.54) is 24.3 Å². The quantitative estimate of drug-likeness (QED) is 0.652. The lowest BCUT2D eigenvalue weighted by molar-refractivity contribution is -0.156. The molecule has 0 spiro atoms. The Morgan fingerprint density at radius 2 is 1.81 bits per heavy atom. The maximum Gasteiger partial charge on any atom is 0.488 e. The summed E-state index contributed by atoms with van der Waals surface area (Å²) in [5.74, 6) is -0.693. The van der Waals surface area contributed by atoms with Crippen LogP contribution in [-0.4, -0.2) is 26.0 Å². The molecular formula is C13H18FNO5S. The summed E-state index contributed by atoms with van der Waals surface area (Å²) < 4.78 is 42.1. The summed E-state index contributed by atoms with van der Waals surface area (Å²) in [4.78, 5) is 11.7. The first-order valence-electron chi connectivity index (χ1n) is 6.18. The highest BCUT2D eigenvalue weighted by atomic mass is 32.3. The van der Waals surface area contributed by atoms with E-state index in [4.69, 9.17) is 10.5 Å². The van der Waals surface area contributed by atoms with Gasteiger partial charge in [0.15, 0.2) is 0 Å². The van der Waals surface area contributed by atoms with Gasteiger partial charge in [0.1, 0.15) is 17.4 Å². The van der Waals surface area contributed by atoms with E-state index < -0.39 is 28.1 Å². The lowest BCUT2D eigenvalue weighted by Crippen LogP contribution is -2.38. The van der Waals surface area contributed by atoms with Crippen LogP contribution in [0.15, 0.2) is 24.3 Å². The predicted octanol–water partition coefficient (Wildman–Crippen LogP) is 1.49. The van der Waals surface area contributed by atoms with Gasteiger partial charge in [-0.1, -0.05) is 16.0 Å². The van der Waals surface area contributed by atoms with Gasteiger partial charge < -0.3 is 14.7 Å². The highest BCUT2D eigenvalue weighted by Crippen LogP contribution is 2.16. The van der Waals surface area contributed by atoms with Crippen LogP contribution in [0.3, 0.4) is 0 Å². The number of benzene rings is 1. The van der Waals surface area contributed by atoms with Crippen LogP contribution in [0.25, 0.3) is 0 Å². The van der Waals surface area contributed by atoms with Crippen LogP contribution >= 0.6 is 0 Å². The first kappa shape index (κ1) is 17.4. The van der Waals surface area contributed by atoms with Crippen LogP contribution in [0.2, 0.25) is 0 Å². The van der Waals surface area contributed by atoms with Gasteiger partial charge in [0, 0.05) is 0 Å². The molecule has 0 aliphatic rings. The van der Waals surface area contributed by atoms with Crippen LogP contribution in [0.5, 0.6) is 5.75 Å². The molecule has 0 aliphatic carbocycles. The lowest BCUT2D eigenvalue weighted by Gasteiger charge is -2.22. The fourth-order valence-electron chi connectivity index (χ4n) is 1.51. The van der Waals surface area contributed by atoms with E-state index in [0.29, 0.717) is 5.56 Å². The minimum Gasteiger partial charge on any atom is -0.459 e. The van der Waals surface area contributed by atoms with E-state index in [0.717, 1.165) is 0 Å². The minimum atomic E-state index is -5.05. The SMILES string of the molecule is CC(C)(C)OC(=O)[C@@H](N)Cc1ccc(OS(=O)(=O)F)cc1. The summed E-state index contributed by atoms with van der Waals surface area (Å²) in [6, 6.07) is 4.68. The molecule has 118 valence electrons. The van der Waals surface area contributed by atoms with Gasteiger partial charge in [-0.15, -0.1) is 0 Å². The third kappa shape index (κ3) is 7.05. The first-order valence-corrected chi connectivity index (χ1v) is 7.48. The van der Waals surface area contributed by atoms with Gasteiger partial charge in [-0.2, -0.15) is 8.42 Å². The molecule has 0 heterocycles. The molecular weight excluding hydrogens is 301 g/mol. The molecule has 1 aromatic rings. The Labute approximate surface area is 123 Å². The van der Waals surface area contributed by atoms with Crippen molar-refractivity contribution in [3.8, 4) is 5.75 Å². The highest BCUT2D eigenvalue weighted by molar-refractivity contribution is 7.81. The van der Waals surface area contributed by atoms with E-state index in [1.54, 1.807) is 20.8 Å². The van der Waals surface area contributed by atoms with Crippen molar-refractivity contribution in [2.24, 2.45) is 5.73 Å². The van der Waals surface area contributed by atoms with Crippen LogP contribution < -0.4 is 9.92 Å². The molecule has 0 bridgehead atoms. The lowest BCUT2D eigenvalue weighted by atomic mass is 10.1. The average Bonchev–Trinajstić information content (AvgIpc) is 2.27. The van der Waals surface area contributed by atoms with E-state index in [-0.39, 0.29) is 12.2 Å². The summed E-state index contributed by atoms with van der Waals surface area (Å²) in [6.07, 6.45) is 0.206. The zero-order valence-corrected chi connectivity index (χ0v) is 12.8. The third-order valence-corrected chi connectivity index (χ3v) is 2.68. The van der Waals surface area contributed by atoms with E-state index >= 15 is 0 Å². The Bertz CT molecular complexity index is 592. The molecule has 21 heavy (non-hydrogen) atoms. The standard InChI is InChI=1S/C13H18FNO5S/c1-13(2,3)19-12(16)11(15)8-9-4-6-10(7-5-9)20-21(14,17)18/h4-7,11H,8,15H2,1-3H3/t11-/m0/s1. The molecule has 0 saturated carbocycles. The second kappa shape index (κ2) is 6.40. The molecule has 0 unspecified atom stereocenters. The van der Waals surface area contributed by atoms with Gasteiger partial charge in [-0.25, -0.2) is 0 Å². The van der Waals surface area contributed by atoms with Crippen LogP contribution in [-0.2, 0) is 26.5 Å². The highest BCUT2D eigenvalue weighted by Gasteiger charge is 2.22. The molecule has 1 aromatic carbocycles. The number of carbonyl (C=O) groups is 1. The maximum absolute atomic E-state index is 12.3. The molecule has 6 nitrogen and oxygen atoms in total. The summed E-state index contributed by atoms with van der Waals surface area (Å²) in [7, 11) is -5.05. The normalized spacial score (nSPS) is 13.6. The fourth-order valence-corrected chi connectivity index (χ4v) is 1.85. The van der Waals surface area contributed by atoms with Crippen molar-refractivity contribution in [3.63, 3.8) is 0 Å². The number of rotatable bonds is 5. The van der Waals surface area contributed by atoms with E-state index in [1.807, 2.05) is 0 Å². The molecule has 8 heteroatoms. The van der Waals surface area contributed by atoms with Gasteiger partial charge in [-0.3, -0.25) is 4.79 Å². The number of esters is 1. The topological polar surface area (TPSA) is 95.7 Å². The van der Waals surface area contributed by atoms with Gasteiger partial charge in [-0.05, 0) is 44.9 Å². The predicted molar refractivity (Wildman–Crippen MR) is 74.6 cm³/mol. The fraction of sp³-hybridized carbons (Fsp3) is 0.462. The van der Waals surface area contributed by atoms with Gasteiger partial charge >= 0.3 is 16.5 Å². The molecule has 0 aliphatic heterocycles. The number of hydrogen-bond donors (Lipinski definition) is 1. The van der Waals surface area contributed by atoms with Crippen LogP contribution in [0.4, 0.5) is 3.89 Å². The van der Waals surface area contributed by atoms with Crippen molar-refractivity contribution < 1.29 is 26.0 Å². The monoisotopic (exact) mass is 319 g/mol. The number of carbonyl (C=O) groups excluding carboxylic acids is 1. The molecule has 0 fully saturated rings. The summed E-state index contributed by atoms with van der Waals surface area (Å²) >= 11 is 0. The Hall–Kier alpha value is -1.67. The molecule has 2 N–H and O–H groups in total. The number of ether oxygens (including phenoxy) is 1. The molecule has 0 amide bonds. The second-order valence-electron chi connectivity index (χ2n) is 5.46. The summed E-state index contributed by atoms with van der Waals surface area (Å²) in [6.45, 7) is 5.21. The Balaban J connectivity index is 2.65. The molecule has 0 aromatic heterocycles. The van der Waals surface area contributed by atoms with Crippen molar-refractivity contribution in [1.82, 2.24) is 0 Å². The summed E-state index contributed by atoms with van der Waals surface area (Å²) in [5.41, 5.74) is 5.78. The van der Waals surface area contributed by atoms with Gasteiger partial charge in [0.2, 0.25) is 0 Å². The maximum atomic E-state index is 12.3. The zero-order chi connectivity index (χ0) is 16.3. The van der Waals surface area contributed by atoms with Crippen molar-refractivity contribution >= 4 is 16.5 Å². The third-order valence-electron chi connectivity index (χ3n) is 2.28. The van der Waals surface area contributed by atoms with Crippen molar-refractivity contribution in [2.45, 2.75) is 38.8 Å². The average molecular weight is 319 g/mol. The molecule has 1 rings (SSSR count). The van der Waals surface area contributed by atoms with Crippen molar-refractivity contribution in [1.29, 1.82) is 0 Å². The summed E-state index contributed by atoms with van der Waals surface area (Å²) in [5, 5.41) is 0. The molecule has 0 radical (unpaired) electrons. The van der Waals surface area contributed by atoms with Crippen LogP contribution in [0.1, 0.15) is 26.3 Å². The van der Waals surface area contributed by atoms with Gasteiger partial charge in [0.05, 0.1) is 0 Å². The van der Waals surface area contributed by atoms with Gasteiger partial charge in [0.25, 0.3) is 0 Å². The van der Waals surface area contributed by atoms with Crippen molar-refractivity contribution in [3.05, 3.63) is 29.8 Å². The Kier molecular flexibility index (Phi) is 5.30. The zero-order valence-electron chi connectivity index (χ0n) is 12.0. The van der Waals surface area contributed by atoms with E-state index in [2.05, 4.69) is 4.18 Å². The van der Waals surface area contributed by atoms with Crippen molar-refractivity contribution in [2.75, 3.05) is 0 Å². The molecule has 1 atom stereocenters. The largest absolute Gasteiger partial charge is 0.488 e. The second-order valence-corrected chi connectivity index (χ2v) is 6.42. The number of halogens is 1. The Morgan fingerprint density at radius 3 is 2.24 bits per heavy atom. The number of hydrogen-bond acceptors (Lipinski definition) is 6.